The Balaban J connectivity index is 2.22. The van der Waals surface area contributed by atoms with Gasteiger partial charge >= 0.3 is 11.9 Å². The van der Waals surface area contributed by atoms with Crippen molar-refractivity contribution in [1.82, 2.24) is 0 Å². The molecule has 1 saturated carbocycles. The number of rotatable bonds is 16. The summed E-state index contributed by atoms with van der Waals surface area (Å²) in [5.74, 6) is 0.530. The molecular formula is C26H48O4. The van der Waals surface area contributed by atoms with Gasteiger partial charge in [0.2, 0.25) is 0 Å². The molecule has 4 heteroatoms. The Bertz CT molecular complexity index is 416. The number of carbonyl (C=O) groups is 2. The van der Waals surface area contributed by atoms with Crippen LogP contribution in [-0.4, -0.2) is 25.2 Å². The smallest absolute Gasteiger partial charge is 0.309 e. The van der Waals surface area contributed by atoms with Crippen molar-refractivity contribution in [2.45, 2.75) is 118 Å². The molecule has 4 nitrogen and oxygen atoms in total. The lowest BCUT2D eigenvalue weighted by Crippen LogP contribution is -2.35. The van der Waals surface area contributed by atoms with E-state index in [1.54, 1.807) is 0 Å². The second-order valence-corrected chi connectivity index (χ2v) is 10.0. The maximum Gasteiger partial charge on any atom is 0.309 e. The topological polar surface area (TPSA) is 52.6 Å². The first-order chi connectivity index (χ1) is 14.4. The molecule has 0 N–H and O–H groups in total. The molecule has 0 saturated heterocycles. The van der Waals surface area contributed by atoms with Crippen LogP contribution in [0.1, 0.15) is 118 Å². The van der Waals surface area contributed by atoms with Crippen LogP contribution in [0.15, 0.2) is 0 Å². The van der Waals surface area contributed by atoms with Crippen molar-refractivity contribution in [1.29, 1.82) is 0 Å². The molecule has 1 aliphatic carbocycles. The normalized spacial score (nSPS) is 19.3. The highest BCUT2D eigenvalue weighted by Crippen LogP contribution is 2.32. The molecule has 0 amide bonds. The molecule has 0 heterocycles. The van der Waals surface area contributed by atoms with Gasteiger partial charge in [-0.1, -0.05) is 91.9 Å². The van der Waals surface area contributed by atoms with Crippen LogP contribution in [0.2, 0.25) is 0 Å². The van der Waals surface area contributed by atoms with Crippen LogP contribution in [0.25, 0.3) is 0 Å². The first kappa shape index (κ1) is 27.0. The molecule has 0 radical (unpaired) electrons. The minimum Gasteiger partial charge on any atom is -0.465 e. The minimum absolute atomic E-state index is 0.187. The van der Waals surface area contributed by atoms with Crippen molar-refractivity contribution in [2.75, 3.05) is 13.2 Å². The molecule has 2 atom stereocenters. The van der Waals surface area contributed by atoms with Crippen LogP contribution >= 0.6 is 0 Å². The summed E-state index contributed by atoms with van der Waals surface area (Å²) in [6.45, 7) is 9.97. The summed E-state index contributed by atoms with van der Waals surface area (Å²) in [6.07, 6.45) is 15.0. The summed E-state index contributed by atoms with van der Waals surface area (Å²) in [6, 6.07) is 0. The van der Waals surface area contributed by atoms with Gasteiger partial charge in [-0.3, -0.25) is 9.59 Å². The second-order valence-electron chi connectivity index (χ2n) is 10.0. The van der Waals surface area contributed by atoms with E-state index in [1.165, 1.54) is 38.5 Å². The number of hydrogen-bond acceptors (Lipinski definition) is 4. The van der Waals surface area contributed by atoms with E-state index in [9.17, 15) is 9.59 Å². The van der Waals surface area contributed by atoms with Crippen LogP contribution in [0.4, 0.5) is 0 Å². The Morgan fingerprint density at radius 2 is 1.00 bits per heavy atom. The van der Waals surface area contributed by atoms with E-state index in [-0.39, 0.29) is 23.8 Å². The average molecular weight is 425 g/mol. The van der Waals surface area contributed by atoms with Gasteiger partial charge in [0.15, 0.2) is 0 Å². The molecule has 1 aliphatic rings. The monoisotopic (exact) mass is 424 g/mol. The summed E-state index contributed by atoms with van der Waals surface area (Å²) in [7, 11) is 0. The van der Waals surface area contributed by atoms with Gasteiger partial charge in [0.1, 0.15) is 0 Å². The van der Waals surface area contributed by atoms with Crippen molar-refractivity contribution in [3.8, 4) is 0 Å². The Morgan fingerprint density at radius 3 is 1.37 bits per heavy atom. The summed E-state index contributed by atoms with van der Waals surface area (Å²) < 4.78 is 11.1. The number of carbonyl (C=O) groups excluding carboxylic acids is 2. The fraction of sp³-hybridized carbons (Fsp3) is 0.923. The SMILES string of the molecule is CC(C)CCCCCCOC(=O)[C@H]1CCCC[C@@H]1C(=O)OCCCCCCC(C)C. The van der Waals surface area contributed by atoms with Crippen molar-refractivity contribution in [3.63, 3.8) is 0 Å². The third kappa shape index (κ3) is 12.6. The quantitative estimate of drug-likeness (QED) is 0.196. The van der Waals surface area contributed by atoms with Crippen molar-refractivity contribution in [2.24, 2.45) is 23.7 Å². The number of unbranched alkanes of at least 4 members (excludes halogenated alkanes) is 6. The highest BCUT2D eigenvalue weighted by atomic mass is 16.5. The van der Waals surface area contributed by atoms with E-state index in [0.29, 0.717) is 13.2 Å². The molecule has 176 valence electrons. The predicted molar refractivity (Wildman–Crippen MR) is 123 cm³/mol. The molecule has 0 aliphatic heterocycles. The van der Waals surface area contributed by atoms with E-state index in [2.05, 4.69) is 27.7 Å². The van der Waals surface area contributed by atoms with Crippen molar-refractivity contribution >= 4 is 11.9 Å². The largest absolute Gasteiger partial charge is 0.465 e. The highest BCUT2D eigenvalue weighted by Gasteiger charge is 2.37. The van der Waals surface area contributed by atoms with Gasteiger partial charge in [-0.2, -0.15) is 0 Å². The molecular weight excluding hydrogens is 376 g/mol. The fourth-order valence-corrected chi connectivity index (χ4v) is 4.27. The lowest BCUT2D eigenvalue weighted by atomic mass is 9.79. The molecule has 0 aromatic carbocycles. The third-order valence-electron chi connectivity index (χ3n) is 6.21. The zero-order valence-corrected chi connectivity index (χ0v) is 20.3. The average Bonchev–Trinajstić information content (AvgIpc) is 2.71. The Hall–Kier alpha value is -1.06. The Morgan fingerprint density at radius 1 is 0.633 bits per heavy atom. The van der Waals surface area contributed by atoms with Crippen molar-refractivity contribution < 1.29 is 19.1 Å². The Kier molecular flexibility index (Phi) is 14.9. The number of esters is 2. The first-order valence-electron chi connectivity index (χ1n) is 12.7. The lowest BCUT2D eigenvalue weighted by Gasteiger charge is -2.28. The summed E-state index contributed by atoms with van der Waals surface area (Å²) >= 11 is 0. The highest BCUT2D eigenvalue weighted by molar-refractivity contribution is 5.82. The predicted octanol–water partition coefficient (Wildman–Crippen LogP) is 7.09. The van der Waals surface area contributed by atoms with Gasteiger partial charge in [0.05, 0.1) is 25.0 Å². The van der Waals surface area contributed by atoms with Gasteiger partial charge in [-0.15, -0.1) is 0 Å². The van der Waals surface area contributed by atoms with E-state index in [1.807, 2.05) is 0 Å². The van der Waals surface area contributed by atoms with Crippen LogP contribution in [-0.2, 0) is 19.1 Å². The van der Waals surface area contributed by atoms with Gasteiger partial charge in [-0.05, 0) is 37.5 Å². The zero-order chi connectivity index (χ0) is 22.2. The third-order valence-corrected chi connectivity index (χ3v) is 6.21. The first-order valence-corrected chi connectivity index (χ1v) is 12.7. The van der Waals surface area contributed by atoms with Crippen LogP contribution < -0.4 is 0 Å². The van der Waals surface area contributed by atoms with E-state index >= 15 is 0 Å². The number of ether oxygens (including phenoxy) is 2. The Labute approximate surface area is 185 Å². The molecule has 0 unspecified atom stereocenters. The standard InChI is InChI=1S/C26H48O4/c1-21(2)15-9-5-7-13-19-29-25(27)23-17-11-12-18-24(23)26(28)30-20-14-8-6-10-16-22(3)4/h21-24H,5-20H2,1-4H3/t23-,24-/m0/s1. The molecule has 0 spiro atoms. The maximum atomic E-state index is 12.6. The summed E-state index contributed by atoms with van der Waals surface area (Å²) in [5.41, 5.74) is 0. The second kappa shape index (κ2) is 16.6. The van der Waals surface area contributed by atoms with Gasteiger partial charge in [0.25, 0.3) is 0 Å². The minimum atomic E-state index is -0.307. The molecule has 0 aromatic rings. The maximum absolute atomic E-state index is 12.6. The van der Waals surface area contributed by atoms with E-state index < -0.39 is 0 Å². The number of hydrogen-bond donors (Lipinski definition) is 0. The van der Waals surface area contributed by atoms with Crippen LogP contribution in [0, 0.1) is 23.7 Å². The molecule has 1 fully saturated rings. The van der Waals surface area contributed by atoms with Gasteiger partial charge in [-0.25, -0.2) is 0 Å². The van der Waals surface area contributed by atoms with E-state index in [4.69, 9.17) is 9.47 Å². The van der Waals surface area contributed by atoms with E-state index in [0.717, 1.165) is 63.2 Å². The summed E-state index contributed by atoms with van der Waals surface area (Å²) in [4.78, 5) is 25.1. The molecule has 0 bridgehead atoms. The van der Waals surface area contributed by atoms with Gasteiger partial charge in [0, 0.05) is 0 Å². The fourth-order valence-electron chi connectivity index (χ4n) is 4.27. The summed E-state index contributed by atoms with van der Waals surface area (Å²) in [5, 5.41) is 0. The zero-order valence-electron chi connectivity index (χ0n) is 20.3. The molecule has 1 rings (SSSR count). The molecule has 0 aromatic heterocycles. The van der Waals surface area contributed by atoms with Crippen molar-refractivity contribution in [3.05, 3.63) is 0 Å². The molecule has 30 heavy (non-hydrogen) atoms. The van der Waals surface area contributed by atoms with Crippen LogP contribution in [0.5, 0.6) is 0 Å². The van der Waals surface area contributed by atoms with Crippen LogP contribution in [0.3, 0.4) is 0 Å². The lowest BCUT2D eigenvalue weighted by molar-refractivity contribution is -0.163. The van der Waals surface area contributed by atoms with Gasteiger partial charge < -0.3 is 9.47 Å².